The molecular weight excluding hydrogens is 456 g/mol. The lowest BCUT2D eigenvalue weighted by Crippen LogP contribution is -2.37. The minimum absolute atomic E-state index is 0.369. The van der Waals surface area contributed by atoms with Gasteiger partial charge in [0, 0.05) is 54.6 Å². The van der Waals surface area contributed by atoms with Crippen LogP contribution in [0.4, 0.5) is 22.1 Å². The second-order valence-corrected chi connectivity index (χ2v) is 8.40. The molecule has 1 aliphatic rings. The molecule has 1 fully saturated rings. The molecular formula is C26H24N8O2. The summed E-state index contributed by atoms with van der Waals surface area (Å²) in [5, 5.41) is 12.6. The number of carbonyl (C=O) groups is 1. The summed E-state index contributed by atoms with van der Waals surface area (Å²) in [4.78, 5) is 23.7. The molecule has 0 spiro atoms. The van der Waals surface area contributed by atoms with E-state index in [4.69, 9.17) is 9.72 Å². The van der Waals surface area contributed by atoms with Gasteiger partial charge in [0.1, 0.15) is 17.3 Å². The van der Waals surface area contributed by atoms with E-state index < -0.39 is 0 Å². The van der Waals surface area contributed by atoms with E-state index in [0.717, 1.165) is 54.6 Å². The molecule has 1 saturated heterocycles. The maximum Gasteiger partial charge on any atom is 0.324 e. The highest BCUT2D eigenvalue weighted by molar-refractivity contribution is 5.99. The van der Waals surface area contributed by atoms with Crippen LogP contribution in [0.5, 0.6) is 0 Å². The van der Waals surface area contributed by atoms with E-state index >= 15 is 0 Å². The van der Waals surface area contributed by atoms with Crippen LogP contribution in [0, 0.1) is 0 Å². The van der Waals surface area contributed by atoms with Crippen LogP contribution in [-0.4, -0.2) is 56.9 Å². The normalized spacial score (nSPS) is 13.6. The second-order valence-electron chi connectivity index (χ2n) is 8.40. The zero-order valence-corrected chi connectivity index (χ0v) is 19.4. The highest BCUT2D eigenvalue weighted by Gasteiger charge is 2.15. The van der Waals surface area contributed by atoms with Gasteiger partial charge in [-0.1, -0.05) is 18.2 Å². The number of fused-ring (bicyclic) bond motifs is 1. The SMILES string of the molecule is O=C(Nc1ccc(-c2cn3c(N4CCOCC4)cccc3n2)cc1)Nc1cc(-c2cccnc2)n[nH]1. The fraction of sp³-hybridized carbons (Fsp3) is 0.154. The van der Waals surface area contributed by atoms with Gasteiger partial charge in [-0.3, -0.25) is 19.8 Å². The van der Waals surface area contributed by atoms with Gasteiger partial charge in [0.15, 0.2) is 0 Å². The second kappa shape index (κ2) is 9.51. The molecule has 0 atom stereocenters. The van der Waals surface area contributed by atoms with Crippen molar-refractivity contribution in [1.82, 2.24) is 24.6 Å². The third kappa shape index (κ3) is 4.49. The van der Waals surface area contributed by atoms with E-state index in [9.17, 15) is 4.79 Å². The minimum atomic E-state index is -0.369. The van der Waals surface area contributed by atoms with Crippen LogP contribution in [0.3, 0.4) is 0 Å². The lowest BCUT2D eigenvalue weighted by molar-refractivity contribution is 0.122. The molecule has 1 aliphatic heterocycles. The van der Waals surface area contributed by atoms with E-state index in [-0.39, 0.29) is 6.03 Å². The van der Waals surface area contributed by atoms with Gasteiger partial charge >= 0.3 is 6.03 Å². The first-order valence-corrected chi connectivity index (χ1v) is 11.7. The van der Waals surface area contributed by atoms with Gasteiger partial charge in [0.2, 0.25) is 0 Å². The van der Waals surface area contributed by atoms with Crippen LogP contribution >= 0.6 is 0 Å². The van der Waals surface area contributed by atoms with E-state index in [1.165, 1.54) is 0 Å². The van der Waals surface area contributed by atoms with Gasteiger partial charge in [0.05, 0.1) is 24.6 Å². The number of carbonyl (C=O) groups excluding carboxylic acids is 1. The number of aromatic nitrogens is 5. The van der Waals surface area contributed by atoms with Gasteiger partial charge in [-0.25, -0.2) is 9.78 Å². The number of aromatic amines is 1. The number of H-pyrrole nitrogens is 1. The zero-order valence-electron chi connectivity index (χ0n) is 19.4. The summed E-state index contributed by atoms with van der Waals surface area (Å²) in [6, 6.07) is 18.9. The van der Waals surface area contributed by atoms with Gasteiger partial charge < -0.3 is 15.0 Å². The summed E-state index contributed by atoms with van der Waals surface area (Å²) in [6.45, 7) is 3.18. The van der Waals surface area contributed by atoms with Crippen molar-refractivity contribution in [3.63, 3.8) is 0 Å². The molecule has 0 saturated carbocycles. The van der Waals surface area contributed by atoms with Crippen LogP contribution in [-0.2, 0) is 4.74 Å². The van der Waals surface area contributed by atoms with Gasteiger partial charge in [-0.15, -0.1) is 0 Å². The van der Waals surface area contributed by atoms with Crippen molar-refractivity contribution in [2.75, 3.05) is 41.8 Å². The Morgan fingerprint density at radius 3 is 2.61 bits per heavy atom. The van der Waals surface area contributed by atoms with Gasteiger partial charge in [-0.2, -0.15) is 5.10 Å². The largest absolute Gasteiger partial charge is 0.378 e. The maximum absolute atomic E-state index is 12.5. The molecule has 2 amide bonds. The Bertz CT molecular complexity index is 1490. The lowest BCUT2D eigenvalue weighted by Gasteiger charge is -2.29. The molecule has 10 heteroatoms. The van der Waals surface area contributed by atoms with E-state index in [1.54, 1.807) is 18.5 Å². The summed E-state index contributed by atoms with van der Waals surface area (Å²) in [5.74, 6) is 1.60. The van der Waals surface area contributed by atoms with Crippen molar-refractivity contribution >= 4 is 29.0 Å². The van der Waals surface area contributed by atoms with Crippen molar-refractivity contribution in [2.24, 2.45) is 0 Å². The molecule has 0 unspecified atom stereocenters. The predicted octanol–water partition coefficient (Wildman–Crippen LogP) is 4.27. The van der Waals surface area contributed by atoms with E-state index in [1.807, 2.05) is 54.7 Å². The molecule has 0 bridgehead atoms. The zero-order chi connectivity index (χ0) is 24.3. The number of morpholine rings is 1. The summed E-state index contributed by atoms with van der Waals surface area (Å²) in [6.07, 6.45) is 5.47. The first-order valence-electron chi connectivity index (χ1n) is 11.7. The Labute approximate surface area is 207 Å². The van der Waals surface area contributed by atoms with Crippen LogP contribution in [0.1, 0.15) is 0 Å². The number of hydrogen-bond acceptors (Lipinski definition) is 6. The predicted molar refractivity (Wildman–Crippen MR) is 138 cm³/mol. The van der Waals surface area contributed by atoms with Crippen LogP contribution in [0.15, 0.2) is 79.3 Å². The smallest absolute Gasteiger partial charge is 0.324 e. The highest BCUT2D eigenvalue weighted by Crippen LogP contribution is 2.25. The fourth-order valence-electron chi connectivity index (χ4n) is 4.24. The first-order chi connectivity index (χ1) is 17.7. The number of nitrogens with zero attached hydrogens (tertiary/aromatic N) is 5. The van der Waals surface area contributed by atoms with E-state index in [0.29, 0.717) is 17.2 Å². The summed E-state index contributed by atoms with van der Waals surface area (Å²) < 4.78 is 7.61. The molecule has 36 heavy (non-hydrogen) atoms. The average Bonchev–Trinajstić information content (AvgIpc) is 3.57. The number of pyridine rings is 2. The first kappa shape index (κ1) is 21.8. The molecule has 5 heterocycles. The number of ether oxygens (including phenoxy) is 1. The summed E-state index contributed by atoms with van der Waals surface area (Å²) >= 11 is 0. The molecule has 5 aromatic rings. The van der Waals surface area contributed by atoms with E-state index in [2.05, 4.69) is 41.2 Å². The summed E-state index contributed by atoms with van der Waals surface area (Å²) in [7, 11) is 0. The van der Waals surface area contributed by atoms with Crippen LogP contribution in [0.25, 0.3) is 28.2 Å². The number of anilines is 3. The number of nitrogens with one attached hydrogen (secondary N) is 3. The number of rotatable bonds is 5. The number of urea groups is 1. The molecule has 3 N–H and O–H groups in total. The molecule has 6 rings (SSSR count). The number of hydrogen-bond donors (Lipinski definition) is 3. The van der Waals surface area contributed by atoms with Gasteiger partial charge in [0.25, 0.3) is 0 Å². The molecule has 180 valence electrons. The molecule has 10 nitrogen and oxygen atoms in total. The quantitative estimate of drug-likeness (QED) is 0.346. The molecule has 0 radical (unpaired) electrons. The van der Waals surface area contributed by atoms with Crippen molar-refractivity contribution in [3.05, 3.63) is 79.3 Å². The third-order valence-corrected chi connectivity index (χ3v) is 6.03. The number of benzene rings is 1. The van der Waals surface area contributed by atoms with Crippen molar-refractivity contribution in [1.29, 1.82) is 0 Å². The van der Waals surface area contributed by atoms with Crippen LogP contribution in [0.2, 0.25) is 0 Å². The molecule has 4 aromatic heterocycles. The summed E-state index contributed by atoms with van der Waals surface area (Å²) in [5.41, 5.74) is 4.95. The molecule has 1 aromatic carbocycles. The van der Waals surface area contributed by atoms with Crippen molar-refractivity contribution in [3.8, 4) is 22.5 Å². The minimum Gasteiger partial charge on any atom is -0.378 e. The maximum atomic E-state index is 12.5. The Morgan fingerprint density at radius 2 is 1.81 bits per heavy atom. The standard InChI is InChI=1S/C26H24N8O2/c35-26(30-23-15-21(31-32-23)19-3-2-10-27-16-19)28-20-8-6-18(7-9-20)22-17-34-24(29-22)4-1-5-25(34)33-11-13-36-14-12-33/h1-10,15-17H,11-14H2,(H3,28,30,31,32,35). The monoisotopic (exact) mass is 480 g/mol. The Hall–Kier alpha value is -4.70. The third-order valence-electron chi connectivity index (χ3n) is 6.03. The van der Waals surface area contributed by atoms with Gasteiger partial charge in [-0.05, 0) is 36.4 Å². The fourth-order valence-corrected chi connectivity index (χ4v) is 4.24. The van der Waals surface area contributed by atoms with Crippen LogP contribution < -0.4 is 15.5 Å². The topological polar surface area (TPSA) is 112 Å². The van der Waals surface area contributed by atoms with Crippen molar-refractivity contribution < 1.29 is 9.53 Å². The Morgan fingerprint density at radius 1 is 0.944 bits per heavy atom. The van der Waals surface area contributed by atoms with Crippen molar-refractivity contribution in [2.45, 2.75) is 0 Å². The average molecular weight is 481 g/mol. The Balaban J connectivity index is 1.14. The highest BCUT2D eigenvalue weighted by atomic mass is 16.5. The number of amides is 2. The lowest BCUT2D eigenvalue weighted by atomic mass is 10.1. The number of imidazole rings is 1. The Kier molecular flexibility index (Phi) is 5.76. The molecule has 0 aliphatic carbocycles.